The van der Waals surface area contributed by atoms with Crippen molar-refractivity contribution in [3.63, 3.8) is 0 Å². The molecule has 0 bridgehead atoms. The van der Waals surface area contributed by atoms with E-state index >= 15 is 0 Å². The van der Waals surface area contributed by atoms with E-state index in [1.165, 1.54) is 69.9 Å². The third-order valence-electron chi connectivity index (χ3n) is 7.33. The minimum absolute atomic E-state index is 0.146. The fourth-order valence-electron chi connectivity index (χ4n) is 5.38. The zero-order chi connectivity index (χ0) is 20.6. The fourth-order valence-corrected chi connectivity index (χ4v) is 5.38. The quantitative estimate of drug-likeness (QED) is 0.299. The van der Waals surface area contributed by atoms with Crippen molar-refractivity contribution in [2.45, 2.75) is 96.3 Å². The van der Waals surface area contributed by atoms with Gasteiger partial charge in [-0.15, -0.1) is 0 Å². The lowest BCUT2D eigenvalue weighted by Gasteiger charge is -2.28. The first-order valence-electron chi connectivity index (χ1n) is 11.9. The van der Waals surface area contributed by atoms with Gasteiger partial charge in [-0.2, -0.15) is 0 Å². The van der Waals surface area contributed by atoms with Gasteiger partial charge in [-0.3, -0.25) is 0 Å². The topological polar surface area (TPSA) is 0 Å². The molecule has 0 atom stereocenters. The summed E-state index contributed by atoms with van der Waals surface area (Å²) in [6.45, 7) is 2.28. The summed E-state index contributed by atoms with van der Waals surface area (Å²) in [5, 5.41) is 0. The van der Waals surface area contributed by atoms with Crippen molar-refractivity contribution in [1.29, 1.82) is 0 Å². The van der Waals surface area contributed by atoms with Crippen LogP contribution >= 0.6 is 0 Å². The van der Waals surface area contributed by atoms with Crippen molar-refractivity contribution in [2.24, 2.45) is 17.8 Å². The highest BCUT2D eigenvalue weighted by molar-refractivity contribution is 5.23. The average molecular weight is 407 g/mol. The summed E-state index contributed by atoms with van der Waals surface area (Å²) >= 11 is 0. The summed E-state index contributed by atoms with van der Waals surface area (Å²) in [7, 11) is 0. The molecule has 3 heteroatoms. The molecule has 2 saturated carbocycles. The van der Waals surface area contributed by atoms with Gasteiger partial charge in [-0.05, 0) is 79.9 Å². The minimum Gasteiger partial charge on any atom is -0.204 e. The molecule has 0 aliphatic heterocycles. The molecule has 2 aliphatic rings. The Labute approximate surface area is 175 Å². The molecule has 0 heterocycles. The Morgan fingerprint density at radius 2 is 1.41 bits per heavy atom. The van der Waals surface area contributed by atoms with Crippen LogP contribution in [0.4, 0.5) is 13.2 Å². The number of rotatable bonds is 8. The zero-order valence-electron chi connectivity index (χ0n) is 17.9. The van der Waals surface area contributed by atoms with Crippen LogP contribution in [0, 0.1) is 35.2 Å². The van der Waals surface area contributed by atoms with Crippen molar-refractivity contribution in [3.8, 4) is 0 Å². The van der Waals surface area contributed by atoms with E-state index < -0.39 is 17.5 Å². The second kappa shape index (κ2) is 11.2. The number of benzene rings is 1. The predicted molar refractivity (Wildman–Crippen MR) is 114 cm³/mol. The Bertz CT molecular complexity index is 627. The molecule has 0 aromatic heterocycles. The smallest absolute Gasteiger partial charge is 0.194 e. The molecular formula is C26H37F3. The van der Waals surface area contributed by atoms with Gasteiger partial charge in [0.1, 0.15) is 0 Å². The van der Waals surface area contributed by atoms with Gasteiger partial charge < -0.3 is 0 Å². The summed E-state index contributed by atoms with van der Waals surface area (Å²) in [5.41, 5.74) is 0.610. The van der Waals surface area contributed by atoms with Crippen molar-refractivity contribution < 1.29 is 13.2 Å². The zero-order valence-corrected chi connectivity index (χ0v) is 17.9. The summed E-state index contributed by atoms with van der Waals surface area (Å²) in [6, 6.07) is 2.35. The van der Waals surface area contributed by atoms with Crippen LogP contribution in [0.25, 0.3) is 0 Å². The number of allylic oxidation sites excluding steroid dienone is 2. The maximum absolute atomic E-state index is 13.5. The van der Waals surface area contributed by atoms with E-state index in [0.29, 0.717) is 11.5 Å². The van der Waals surface area contributed by atoms with E-state index in [-0.39, 0.29) is 5.92 Å². The van der Waals surface area contributed by atoms with E-state index in [1.807, 2.05) is 0 Å². The molecular weight excluding hydrogens is 369 g/mol. The molecule has 1 aromatic carbocycles. The molecule has 0 saturated heterocycles. The van der Waals surface area contributed by atoms with E-state index in [1.54, 1.807) is 0 Å². The minimum atomic E-state index is -1.36. The fraction of sp³-hybridized carbons (Fsp3) is 0.692. The monoisotopic (exact) mass is 406 g/mol. The Hall–Kier alpha value is -1.25. The lowest BCUT2D eigenvalue weighted by molar-refractivity contribution is 0.250. The van der Waals surface area contributed by atoms with E-state index in [0.717, 1.165) is 37.5 Å². The highest BCUT2D eigenvalue weighted by atomic mass is 19.2. The van der Waals surface area contributed by atoms with Gasteiger partial charge in [0.25, 0.3) is 0 Å². The third-order valence-corrected chi connectivity index (χ3v) is 7.33. The first-order chi connectivity index (χ1) is 14.1. The number of hydrogen-bond acceptors (Lipinski definition) is 0. The molecule has 1 aromatic rings. The van der Waals surface area contributed by atoms with Crippen LogP contribution in [-0.2, 0) is 0 Å². The lowest BCUT2D eigenvalue weighted by Crippen LogP contribution is -2.14. The number of hydrogen-bond donors (Lipinski definition) is 0. The first-order valence-corrected chi connectivity index (χ1v) is 11.9. The molecule has 29 heavy (non-hydrogen) atoms. The Balaban J connectivity index is 1.34. The van der Waals surface area contributed by atoms with Gasteiger partial charge in [0.05, 0.1) is 0 Å². The predicted octanol–water partition coefficient (Wildman–Crippen LogP) is 8.71. The van der Waals surface area contributed by atoms with Crippen LogP contribution in [-0.4, -0.2) is 0 Å². The van der Waals surface area contributed by atoms with Crippen LogP contribution < -0.4 is 0 Å². The maximum Gasteiger partial charge on any atom is 0.194 e. The molecule has 0 nitrogen and oxygen atoms in total. The molecule has 2 aliphatic carbocycles. The molecule has 2 fully saturated rings. The number of halogens is 3. The average Bonchev–Trinajstić information content (AvgIpc) is 2.74. The van der Waals surface area contributed by atoms with Crippen LogP contribution in [0.15, 0.2) is 24.3 Å². The molecule has 3 rings (SSSR count). The maximum atomic E-state index is 13.5. The van der Waals surface area contributed by atoms with Crippen LogP contribution in [0.3, 0.4) is 0 Å². The van der Waals surface area contributed by atoms with Crippen LogP contribution in [0.2, 0.25) is 0 Å². The van der Waals surface area contributed by atoms with Crippen molar-refractivity contribution in [2.75, 3.05) is 0 Å². The van der Waals surface area contributed by atoms with Gasteiger partial charge in [0.2, 0.25) is 0 Å². The van der Waals surface area contributed by atoms with Crippen molar-refractivity contribution >= 4 is 0 Å². The Kier molecular flexibility index (Phi) is 8.68. The van der Waals surface area contributed by atoms with E-state index in [2.05, 4.69) is 19.1 Å². The van der Waals surface area contributed by atoms with Gasteiger partial charge in [-0.25, -0.2) is 13.2 Å². The van der Waals surface area contributed by atoms with Crippen LogP contribution in [0.1, 0.15) is 102 Å². The lowest BCUT2D eigenvalue weighted by atomic mass is 9.77. The third kappa shape index (κ3) is 6.62. The van der Waals surface area contributed by atoms with Gasteiger partial charge >= 0.3 is 0 Å². The van der Waals surface area contributed by atoms with Gasteiger partial charge in [0, 0.05) is 0 Å². The van der Waals surface area contributed by atoms with E-state index in [9.17, 15) is 13.2 Å². The summed E-state index contributed by atoms with van der Waals surface area (Å²) in [6.07, 6.45) is 21.0. The van der Waals surface area contributed by atoms with Crippen LogP contribution in [0.5, 0.6) is 0 Å². The van der Waals surface area contributed by atoms with Crippen molar-refractivity contribution in [1.82, 2.24) is 0 Å². The van der Waals surface area contributed by atoms with Gasteiger partial charge in [0.15, 0.2) is 17.5 Å². The second-order valence-corrected chi connectivity index (χ2v) is 9.44. The summed E-state index contributed by atoms with van der Waals surface area (Å²) in [4.78, 5) is 0. The first kappa shape index (κ1) is 22.4. The Morgan fingerprint density at radius 3 is 2.00 bits per heavy atom. The highest BCUT2D eigenvalue weighted by Gasteiger charge is 2.23. The Morgan fingerprint density at radius 1 is 0.828 bits per heavy atom. The molecule has 162 valence electrons. The number of unbranched alkanes of at least 4 members (excludes halogenated alkanes) is 1. The van der Waals surface area contributed by atoms with Gasteiger partial charge in [-0.1, -0.05) is 64.0 Å². The molecule has 0 spiro atoms. The summed E-state index contributed by atoms with van der Waals surface area (Å²) in [5.74, 6) is -0.877. The van der Waals surface area contributed by atoms with Crippen molar-refractivity contribution in [3.05, 3.63) is 47.3 Å². The molecule has 0 unspecified atom stereocenters. The molecule has 0 radical (unpaired) electrons. The molecule has 0 N–H and O–H groups in total. The summed E-state index contributed by atoms with van der Waals surface area (Å²) < 4.78 is 40.1. The molecule has 0 amide bonds. The highest BCUT2D eigenvalue weighted by Crippen LogP contribution is 2.38. The largest absolute Gasteiger partial charge is 0.204 e. The standard InChI is InChI=1S/C26H37F3/c1-2-3-6-19-9-11-20(12-10-19)7-4-5-8-21-13-15-22(16-14-21)23-17-24(27)26(29)25(28)18-23/h5,8,17-22H,2-4,6-7,9-16H2,1H3/b8-5+. The SMILES string of the molecule is CCCCC1CCC(CC/C=C/C2CCC(c3cc(F)c(F)c(F)c3)CC2)CC1. The van der Waals surface area contributed by atoms with E-state index in [4.69, 9.17) is 0 Å². The normalized spacial score (nSPS) is 28.1. The second-order valence-electron chi connectivity index (χ2n) is 9.44.